The number of aliphatic imine (C=N–C) groups is 1. The molecule has 1 atom stereocenters. The van der Waals surface area contributed by atoms with E-state index in [0.29, 0.717) is 23.6 Å². The number of nitrogens with zero attached hydrogens (tertiary/aromatic N) is 2. The maximum absolute atomic E-state index is 12.5. The fourth-order valence-corrected chi connectivity index (χ4v) is 7.57. The Morgan fingerprint density at radius 3 is 2.27 bits per heavy atom. The van der Waals surface area contributed by atoms with Crippen molar-refractivity contribution in [2.24, 2.45) is 10.9 Å². The highest BCUT2D eigenvalue weighted by Gasteiger charge is 2.23. The van der Waals surface area contributed by atoms with E-state index >= 15 is 0 Å². The van der Waals surface area contributed by atoms with Crippen LogP contribution in [0.25, 0.3) is 0 Å². The normalized spacial score (nSPS) is 15.7. The molecule has 2 amide bonds. The molecule has 2 saturated heterocycles. The zero-order chi connectivity index (χ0) is 40.0. The molecule has 3 aliphatic rings. The maximum Gasteiger partial charge on any atom is 0.251 e. The van der Waals surface area contributed by atoms with E-state index < -0.39 is 0 Å². The molecule has 9 nitrogen and oxygen atoms in total. The van der Waals surface area contributed by atoms with E-state index in [1.165, 1.54) is 15.4 Å². The molecule has 0 saturated carbocycles. The molecule has 3 heterocycles. The molecule has 5 N–H and O–H groups in total. The van der Waals surface area contributed by atoms with Gasteiger partial charge >= 0.3 is 0 Å². The maximum atomic E-state index is 12.5. The number of carbonyl (C=O) groups excluding carboxylic acids is 2. The molecule has 6 rings (SSSR count). The van der Waals surface area contributed by atoms with Crippen LogP contribution in [0.15, 0.2) is 128 Å². The van der Waals surface area contributed by atoms with Gasteiger partial charge in [-0.15, -0.1) is 11.8 Å². The van der Waals surface area contributed by atoms with Crippen molar-refractivity contribution in [3.63, 3.8) is 0 Å². The number of hydrogen-bond acceptors (Lipinski definition) is 9. The van der Waals surface area contributed by atoms with Crippen molar-refractivity contribution in [2.75, 3.05) is 71.7 Å². The number of unbranched alkanes of at least 4 members (excludes halogenated alkanes) is 1. The van der Waals surface area contributed by atoms with Crippen molar-refractivity contribution in [1.82, 2.24) is 31.5 Å². The fraction of sp³-hybridized carbons (Fsp3) is 0.400. The molecule has 0 aromatic heterocycles. The van der Waals surface area contributed by atoms with Gasteiger partial charge in [0, 0.05) is 103 Å². The van der Waals surface area contributed by atoms with Crippen molar-refractivity contribution in [2.45, 2.75) is 54.7 Å². The SMILES string of the molecule is C1CNCCN1.C=C(/C=C(\C=C/CSc1ccccc1)C(=O)NC)C(C)CC.CCCCNC(=O)c1ccc2c(c1)N=C(N1CCNCC1)c1ccccc1S2. The summed E-state index contributed by atoms with van der Waals surface area (Å²) in [5, 5.41) is 15.5. The minimum absolute atomic E-state index is 0.0260. The zero-order valence-electron chi connectivity index (χ0n) is 33.7. The average Bonchev–Trinajstić information content (AvgIpc) is 3.42. The van der Waals surface area contributed by atoms with Crippen LogP contribution in [-0.2, 0) is 4.79 Å². The van der Waals surface area contributed by atoms with Crippen LogP contribution in [0.3, 0.4) is 0 Å². The molecule has 56 heavy (non-hydrogen) atoms. The highest BCUT2D eigenvalue weighted by atomic mass is 32.2. The third kappa shape index (κ3) is 14.7. The summed E-state index contributed by atoms with van der Waals surface area (Å²) < 4.78 is 0. The lowest BCUT2D eigenvalue weighted by Gasteiger charge is -2.30. The Bertz CT molecular complexity index is 1770. The van der Waals surface area contributed by atoms with Gasteiger partial charge in [-0.05, 0) is 61.2 Å². The minimum atomic E-state index is -0.0783. The molecule has 0 spiro atoms. The number of amides is 2. The van der Waals surface area contributed by atoms with Gasteiger partial charge in [0.25, 0.3) is 11.8 Å². The predicted octanol–water partition coefficient (Wildman–Crippen LogP) is 7.45. The van der Waals surface area contributed by atoms with Crippen LogP contribution < -0.4 is 26.6 Å². The number of thioether (sulfide) groups is 1. The van der Waals surface area contributed by atoms with Crippen molar-refractivity contribution in [1.29, 1.82) is 0 Å². The van der Waals surface area contributed by atoms with Crippen molar-refractivity contribution in [3.8, 4) is 0 Å². The summed E-state index contributed by atoms with van der Waals surface area (Å²) in [5.74, 6) is 2.11. The molecule has 0 bridgehead atoms. The minimum Gasteiger partial charge on any atom is -0.355 e. The molecule has 3 aromatic carbocycles. The fourth-order valence-electron chi connectivity index (χ4n) is 5.84. The summed E-state index contributed by atoms with van der Waals surface area (Å²) in [6, 6.07) is 24.5. The lowest BCUT2D eigenvalue weighted by molar-refractivity contribution is -0.116. The number of rotatable bonds is 12. The van der Waals surface area contributed by atoms with E-state index in [9.17, 15) is 9.59 Å². The molecule has 1 unspecified atom stereocenters. The van der Waals surface area contributed by atoms with E-state index in [1.54, 1.807) is 30.6 Å². The smallest absolute Gasteiger partial charge is 0.251 e. The largest absolute Gasteiger partial charge is 0.355 e. The van der Waals surface area contributed by atoms with E-state index in [2.05, 4.69) is 95.2 Å². The van der Waals surface area contributed by atoms with E-state index in [4.69, 9.17) is 4.99 Å². The second-order valence-corrected chi connectivity index (χ2v) is 15.8. The molecule has 300 valence electrons. The second kappa shape index (κ2) is 25.2. The summed E-state index contributed by atoms with van der Waals surface area (Å²) in [7, 11) is 1.65. The average molecular weight is 796 g/mol. The van der Waals surface area contributed by atoms with Crippen LogP contribution in [0.5, 0.6) is 0 Å². The van der Waals surface area contributed by atoms with Crippen LogP contribution in [0.2, 0.25) is 0 Å². The van der Waals surface area contributed by atoms with Gasteiger partial charge in [0.15, 0.2) is 0 Å². The summed E-state index contributed by atoms with van der Waals surface area (Å²) in [6.07, 6.45) is 8.86. The molecular weight excluding hydrogens is 735 g/mol. The molecule has 0 radical (unpaired) electrons. The highest BCUT2D eigenvalue weighted by Crippen LogP contribution is 2.41. The zero-order valence-corrected chi connectivity index (χ0v) is 35.3. The predicted molar refractivity (Wildman–Crippen MR) is 238 cm³/mol. The molecule has 3 aliphatic heterocycles. The topological polar surface area (TPSA) is 110 Å². The van der Waals surface area contributed by atoms with E-state index in [0.717, 1.165) is 99.4 Å². The third-order valence-electron chi connectivity index (χ3n) is 9.45. The van der Waals surface area contributed by atoms with Crippen molar-refractivity contribution >= 4 is 46.9 Å². The molecule has 2 fully saturated rings. The first kappa shape index (κ1) is 44.6. The Morgan fingerprint density at radius 1 is 0.929 bits per heavy atom. The number of piperazine rings is 2. The Labute approximate surface area is 343 Å². The molecule has 11 heteroatoms. The van der Waals surface area contributed by atoms with Gasteiger partial charge < -0.3 is 31.5 Å². The van der Waals surface area contributed by atoms with Crippen LogP contribution in [-0.4, -0.2) is 94.3 Å². The van der Waals surface area contributed by atoms with E-state index in [1.807, 2.05) is 54.6 Å². The number of hydrogen-bond donors (Lipinski definition) is 5. The van der Waals surface area contributed by atoms with Gasteiger partial charge in [0.1, 0.15) is 5.84 Å². The van der Waals surface area contributed by atoms with Crippen LogP contribution in [0.1, 0.15) is 56.0 Å². The first-order valence-electron chi connectivity index (χ1n) is 20.0. The highest BCUT2D eigenvalue weighted by molar-refractivity contribution is 7.99. The monoisotopic (exact) mass is 795 g/mol. The van der Waals surface area contributed by atoms with Crippen LogP contribution in [0, 0.1) is 5.92 Å². The van der Waals surface area contributed by atoms with Gasteiger partial charge in [0.2, 0.25) is 0 Å². The van der Waals surface area contributed by atoms with Crippen LogP contribution >= 0.6 is 23.5 Å². The third-order valence-corrected chi connectivity index (χ3v) is 11.6. The lowest BCUT2D eigenvalue weighted by atomic mass is 9.97. The molecule has 3 aromatic rings. The first-order valence-corrected chi connectivity index (χ1v) is 21.8. The standard InChI is InChI=1S/C22H26N4OS.C19H25NOS.C4H10N2/c1-2-3-10-24-22(27)16-8-9-20-18(15-16)25-21(26-13-11-23-12-14-26)17-6-4-5-7-19(17)28-20;1-5-15(2)16(3)14-17(19(21)20-4)10-9-13-22-18-11-7-6-8-12-18;1-2-6-4-3-5-1/h4-9,15,23H,2-3,10-14H2,1H3,(H,24,27);6-12,14-15H,3,5,13H2,1-2,4H3,(H,20,21);5-6H,1-4H2/b;10-9-,17-14+;. The number of nitrogens with one attached hydrogen (secondary N) is 5. The Kier molecular flexibility index (Phi) is 20.1. The summed E-state index contributed by atoms with van der Waals surface area (Å²) in [5.41, 5.74) is 4.35. The number of fused-ring (bicyclic) bond motifs is 2. The molecule has 0 aliphatic carbocycles. The number of benzene rings is 3. The Hall–Kier alpha value is -4.13. The van der Waals surface area contributed by atoms with Crippen LogP contribution in [0.4, 0.5) is 5.69 Å². The second-order valence-electron chi connectivity index (χ2n) is 13.7. The Balaban J connectivity index is 0.000000221. The molecular formula is C45H61N7O2S2. The first-order chi connectivity index (χ1) is 27.3. The number of likely N-dealkylation sites (N-methyl/N-ethyl adjacent to an activating group) is 1. The number of amidine groups is 1. The summed E-state index contributed by atoms with van der Waals surface area (Å²) in [4.78, 5) is 35.4. The Morgan fingerprint density at radius 2 is 1.61 bits per heavy atom. The quantitative estimate of drug-likeness (QED) is 0.0557. The summed E-state index contributed by atoms with van der Waals surface area (Å²) >= 11 is 3.47. The van der Waals surface area contributed by atoms with Crippen molar-refractivity contribution in [3.05, 3.63) is 120 Å². The lowest BCUT2D eigenvalue weighted by Crippen LogP contribution is -2.46. The van der Waals surface area contributed by atoms with Crippen molar-refractivity contribution < 1.29 is 9.59 Å². The van der Waals surface area contributed by atoms with Gasteiger partial charge in [0.05, 0.1) is 5.69 Å². The van der Waals surface area contributed by atoms with E-state index in [-0.39, 0.29) is 11.8 Å². The number of allylic oxidation sites excluding steroid dienone is 2. The van der Waals surface area contributed by atoms with Gasteiger partial charge in [-0.3, -0.25) is 9.59 Å². The van der Waals surface area contributed by atoms with Gasteiger partial charge in [-0.2, -0.15) is 0 Å². The van der Waals surface area contributed by atoms with Gasteiger partial charge in [-0.1, -0.05) is 99.7 Å². The van der Waals surface area contributed by atoms with Gasteiger partial charge in [-0.25, -0.2) is 4.99 Å². The number of carbonyl (C=O) groups is 2. The summed E-state index contributed by atoms with van der Waals surface area (Å²) in [6.45, 7) is 19.5.